The van der Waals surface area contributed by atoms with Gasteiger partial charge in [-0.3, -0.25) is 4.79 Å². The van der Waals surface area contributed by atoms with E-state index in [1.807, 2.05) is 0 Å². The van der Waals surface area contributed by atoms with E-state index in [2.05, 4.69) is 10.3 Å². The Morgan fingerprint density at radius 3 is 2.47 bits per heavy atom. The van der Waals surface area contributed by atoms with Gasteiger partial charge in [-0.05, 0) is 23.8 Å². The van der Waals surface area contributed by atoms with E-state index in [4.69, 9.17) is 23.2 Å². The van der Waals surface area contributed by atoms with E-state index in [1.165, 1.54) is 12.3 Å². The van der Waals surface area contributed by atoms with Gasteiger partial charge in [0.1, 0.15) is 5.69 Å². The molecule has 3 N–H and O–H groups in total. The van der Waals surface area contributed by atoms with E-state index >= 15 is 0 Å². The maximum Gasteiger partial charge on any atom is 0.268 e. The number of H-pyrrole nitrogens is 1. The van der Waals surface area contributed by atoms with Crippen molar-refractivity contribution in [3.05, 3.63) is 57.8 Å². The summed E-state index contributed by atoms with van der Waals surface area (Å²) in [4.78, 5) is 14.7. The van der Waals surface area contributed by atoms with Gasteiger partial charge in [0, 0.05) is 11.2 Å². The van der Waals surface area contributed by atoms with E-state index in [0.717, 1.165) is 5.56 Å². The van der Waals surface area contributed by atoms with Gasteiger partial charge in [0.15, 0.2) is 0 Å². The average Bonchev–Trinajstić information content (AvgIpc) is 2.84. The molecule has 19 heavy (non-hydrogen) atoms. The number of benzene rings is 1. The Kier molecular flexibility index (Phi) is 4.47. The SMILES string of the molecule is O=C(NC(CO)c1ccc(Cl)cc1)c1cc(Cl)c[nH]1. The molecule has 0 radical (unpaired) electrons. The number of hydrogen-bond donors (Lipinski definition) is 3. The number of aromatic nitrogens is 1. The third kappa shape index (κ3) is 3.50. The fraction of sp³-hybridized carbons (Fsp3) is 0.154. The zero-order valence-electron chi connectivity index (χ0n) is 9.86. The van der Waals surface area contributed by atoms with E-state index in [1.54, 1.807) is 24.3 Å². The van der Waals surface area contributed by atoms with Gasteiger partial charge in [-0.2, -0.15) is 0 Å². The first-order chi connectivity index (χ1) is 9.10. The summed E-state index contributed by atoms with van der Waals surface area (Å²) < 4.78 is 0. The Hall–Kier alpha value is -1.49. The maximum absolute atomic E-state index is 11.9. The fourth-order valence-electron chi connectivity index (χ4n) is 1.66. The molecular weight excluding hydrogens is 287 g/mol. The van der Waals surface area contributed by atoms with Gasteiger partial charge in [0.05, 0.1) is 17.7 Å². The molecule has 2 aromatic rings. The molecule has 0 spiro atoms. The molecule has 0 aliphatic heterocycles. The van der Waals surface area contributed by atoms with Crippen LogP contribution in [0.25, 0.3) is 0 Å². The molecule has 4 nitrogen and oxygen atoms in total. The molecule has 1 aromatic heterocycles. The van der Waals surface area contributed by atoms with Crippen molar-refractivity contribution in [1.82, 2.24) is 10.3 Å². The predicted octanol–water partition coefficient (Wildman–Crippen LogP) is 2.78. The van der Waals surface area contributed by atoms with Crippen LogP contribution in [-0.2, 0) is 0 Å². The lowest BCUT2D eigenvalue weighted by Gasteiger charge is -2.16. The highest BCUT2D eigenvalue weighted by molar-refractivity contribution is 6.31. The zero-order chi connectivity index (χ0) is 13.8. The Morgan fingerprint density at radius 2 is 1.95 bits per heavy atom. The van der Waals surface area contributed by atoms with Gasteiger partial charge in [0.2, 0.25) is 0 Å². The number of rotatable bonds is 4. The predicted molar refractivity (Wildman–Crippen MR) is 74.5 cm³/mol. The molecule has 0 bridgehead atoms. The second-order valence-electron chi connectivity index (χ2n) is 3.99. The normalized spacial score (nSPS) is 12.2. The van der Waals surface area contributed by atoms with Gasteiger partial charge in [-0.25, -0.2) is 0 Å². The molecular formula is C13H12Cl2N2O2. The van der Waals surface area contributed by atoms with E-state index in [9.17, 15) is 9.90 Å². The van der Waals surface area contributed by atoms with Crippen LogP contribution >= 0.6 is 23.2 Å². The Morgan fingerprint density at radius 1 is 1.26 bits per heavy atom. The summed E-state index contributed by atoms with van der Waals surface area (Å²) in [5.41, 5.74) is 1.12. The molecule has 1 amide bonds. The van der Waals surface area contributed by atoms with E-state index < -0.39 is 6.04 Å². The molecule has 1 aromatic carbocycles. The number of aliphatic hydroxyl groups excluding tert-OH is 1. The number of carbonyl (C=O) groups is 1. The van der Waals surface area contributed by atoms with Crippen LogP contribution in [0.4, 0.5) is 0 Å². The van der Waals surface area contributed by atoms with Crippen molar-refractivity contribution in [2.45, 2.75) is 6.04 Å². The smallest absolute Gasteiger partial charge is 0.268 e. The van der Waals surface area contributed by atoms with Crippen molar-refractivity contribution in [2.75, 3.05) is 6.61 Å². The first kappa shape index (κ1) is 13.9. The average molecular weight is 299 g/mol. The monoisotopic (exact) mass is 298 g/mol. The van der Waals surface area contributed by atoms with E-state index in [-0.39, 0.29) is 12.5 Å². The lowest BCUT2D eigenvalue weighted by molar-refractivity contribution is 0.0912. The van der Waals surface area contributed by atoms with Crippen LogP contribution in [0.1, 0.15) is 22.1 Å². The van der Waals surface area contributed by atoms with Crippen LogP contribution < -0.4 is 5.32 Å². The highest BCUT2D eigenvalue weighted by atomic mass is 35.5. The van der Waals surface area contributed by atoms with Crippen molar-refractivity contribution < 1.29 is 9.90 Å². The number of aliphatic hydroxyl groups is 1. The summed E-state index contributed by atoms with van der Waals surface area (Å²) in [6.45, 7) is -0.207. The van der Waals surface area contributed by atoms with Gasteiger partial charge in [-0.15, -0.1) is 0 Å². The number of aromatic amines is 1. The number of nitrogens with one attached hydrogen (secondary N) is 2. The second kappa shape index (κ2) is 6.10. The summed E-state index contributed by atoms with van der Waals surface area (Å²) in [6.07, 6.45) is 1.52. The van der Waals surface area contributed by atoms with Crippen LogP contribution in [0.5, 0.6) is 0 Å². The minimum Gasteiger partial charge on any atom is -0.394 e. The van der Waals surface area contributed by atoms with Crippen molar-refractivity contribution in [1.29, 1.82) is 0 Å². The standard InChI is InChI=1S/C13H12Cl2N2O2/c14-9-3-1-8(2-4-9)12(7-18)17-13(19)11-5-10(15)6-16-11/h1-6,12,16,18H,7H2,(H,17,19). The number of amides is 1. The first-order valence-corrected chi connectivity index (χ1v) is 6.37. The second-order valence-corrected chi connectivity index (χ2v) is 4.86. The van der Waals surface area contributed by atoms with Crippen molar-refractivity contribution in [3.8, 4) is 0 Å². The molecule has 0 aliphatic carbocycles. The number of carbonyl (C=O) groups excluding carboxylic acids is 1. The third-order valence-corrected chi connectivity index (χ3v) is 3.12. The minimum absolute atomic E-state index is 0.207. The molecule has 1 unspecified atom stereocenters. The topological polar surface area (TPSA) is 65.1 Å². The largest absolute Gasteiger partial charge is 0.394 e. The fourth-order valence-corrected chi connectivity index (χ4v) is 1.95. The van der Waals surface area contributed by atoms with Gasteiger partial charge < -0.3 is 15.4 Å². The molecule has 1 atom stereocenters. The lowest BCUT2D eigenvalue weighted by Crippen LogP contribution is -2.30. The quantitative estimate of drug-likeness (QED) is 0.812. The maximum atomic E-state index is 11.9. The molecule has 100 valence electrons. The molecule has 0 saturated heterocycles. The summed E-state index contributed by atoms with van der Waals surface area (Å²) >= 11 is 11.5. The van der Waals surface area contributed by atoms with Crippen molar-refractivity contribution >= 4 is 29.1 Å². The van der Waals surface area contributed by atoms with Gasteiger partial charge >= 0.3 is 0 Å². The summed E-state index contributed by atoms with van der Waals surface area (Å²) in [7, 11) is 0. The van der Waals surface area contributed by atoms with Crippen molar-refractivity contribution in [2.24, 2.45) is 0 Å². The number of hydrogen-bond acceptors (Lipinski definition) is 2. The van der Waals surface area contributed by atoms with Crippen LogP contribution in [0.3, 0.4) is 0 Å². The molecule has 0 fully saturated rings. The molecule has 6 heteroatoms. The van der Waals surface area contributed by atoms with Crippen LogP contribution in [0.15, 0.2) is 36.5 Å². The van der Waals surface area contributed by atoms with E-state index in [0.29, 0.717) is 15.7 Å². The molecule has 2 rings (SSSR count). The van der Waals surface area contributed by atoms with Gasteiger partial charge in [-0.1, -0.05) is 35.3 Å². The van der Waals surface area contributed by atoms with Crippen LogP contribution in [0, 0.1) is 0 Å². The Balaban J connectivity index is 2.11. The summed E-state index contributed by atoms with van der Waals surface area (Å²) in [5.74, 6) is -0.332. The van der Waals surface area contributed by atoms with Gasteiger partial charge in [0.25, 0.3) is 5.91 Å². The highest BCUT2D eigenvalue weighted by Gasteiger charge is 2.15. The summed E-state index contributed by atoms with van der Waals surface area (Å²) in [6, 6.07) is 7.95. The first-order valence-electron chi connectivity index (χ1n) is 5.61. The number of halogens is 2. The molecule has 1 heterocycles. The zero-order valence-corrected chi connectivity index (χ0v) is 11.4. The highest BCUT2D eigenvalue weighted by Crippen LogP contribution is 2.17. The Bertz CT molecular complexity index is 566. The molecule has 0 saturated carbocycles. The van der Waals surface area contributed by atoms with Crippen molar-refractivity contribution in [3.63, 3.8) is 0 Å². The molecule has 0 aliphatic rings. The Labute approximate surface area is 120 Å². The minimum atomic E-state index is -0.494. The lowest BCUT2D eigenvalue weighted by atomic mass is 10.1. The third-order valence-electron chi connectivity index (χ3n) is 2.65. The van der Waals surface area contributed by atoms with Crippen LogP contribution in [0.2, 0.25) is 10.0 Å². The van der Waals surface area contributed by atoms with Crippen LogP contribution in [-0.4, -0.2) is 22.6 Å². The summed E-state index contributed by atoms with van der Waals surface area (Å²) in [5, 5.41) is 13.1.